The molecule has 17 heavy (non-hydrogen) atoms. The van der Waals surface area contributed by atoms with E-state index in [1.54, 1.807) is 11.3 Å². The zero-order valence-corrected chi connectivity index (χ0v) is 11.0. The number of hydrogen-bond acceptors (Lipinski definition) is 4. The summed E-state index contributed by atoms with van der Waals surface area (Å²) in [6.45, 7) is 0. The molecule has 0 bridgehead atoms. The van der Waals surface area contributed by atoms with Crippen LogP contribution in [0.1, 0.15) is 43.0 Å². The average molecular weight is 253 g/mol. The molecule has 0 radical (unpaired) electrons. The Morgan fingerprint density at radius 2 is 2.35 bits per heavy atom. The maximum atomic E-state index is 11.4. The number of carbonyl (C=O) groups excluding carboxylic acids is 1. The van der Waals surface area contributed by atoms with Crippen molar-refractivity contribution >= 4 is 17.3 Å². The van der Waals surface area contributed by atoms with Crippen molar-refractivity contribution in [3.63, 3.8) is 0 Å². The van der Waals surface area contributed by atoms with Crippen LogP contribution in [0.5, 0.6) is 0 Å². The SMILES string of the molecule is COC(=O)CC(NC1CCCC1)c1cccs1. The first-order chi connectivity index (χ1) is 8.29. The Kier molecular flexibility index (Phi) is 4.57. The Labute approximate surface area is 106 Å². The Hall–Kier alpha value is -0.870. The summed E-state index contributed by atoms with van der Waals surface area (Å²) in [5, 5.41) is 5.64. The van der Waals surface area contributed by atoms with Crippen LogP contribution < -0.4 is 5.32 Å². The molecule has 0 amide bonds. The van der Waals surface area contributed by atoms with Gasteiger partial charge in [0.15, 0.2) is 0 Å². The maximum Gasteiger partial charge on any atom is 0.307 e. The van der Waals surface area contributed by atoms with Gasteiger partial charge in [-0.05, 0) is 24.3 Å². The first-order valence-corrected chi connectivity index (χ1v) is 7.04. The second-order valence-electron chi connectivity index (χ2n) is 4.50. The molecule has 0 saturated heterocycles. The van der Waals surface area contributed by atoms with Crippen molar-refractivity contribution in [3.8, 4) is 0 Å². The Balaban J connectivity index is 1.98. The van der Waals surface area contributed by atoms with E-state index in [9.17, 15) is 4.79 Å². The lowest BCUT2D eigenvalue weighted by molar-refractivity contribution is -0.141. The molecule has 94 valence electrons. The number of nitrogens with one attached hydrogen (secondary N) is 1. The summed E-state index contributed by atoms with van der Waals surface area (Å²) >= 11 is 1.70. The van der Waals surface area contributed by atoms with Crippen LogP contribution in [0.4, 0.5) is 0 Å². The van der Waals surface area contributed by atoms with Crippen LogP contribution in [-0.2, 0) is 9.53 Å². The van der Waals surface area contributed by atoms with Crippen LogP contribution in [0.2, 0.25) is 0 Å². The number of carbonyl (C=O) groups is 1. The Morgan fingerprint density at radius 3 is 2.94 bits per heavy atom. The lowest BCUT2D eigenvalue weighted by Gasteiger charge is -2.21. The smallest absolute Gasteiger partial charge is 0.307 e. The molecule has 3 nitrogen and oxygen atoms in total. The molecule has 0 aromatic carbocycles. The summed E-state index contributed by atoms with van der Waals surface area (Å²) in [6.07, 6.45) is 5.47. The largest absolute Gasteiger partial charge is 0.469 e. The van der Waals surface area contributed by atoms with Gasteiger partial charge in [0, 0.05) is 10.9 Å². The number of ether oxygens (including phenoxy) is 1. The van der Waals surface area contributed by atoms with Crippen LogP contribution in [0, 0.1) is 0 Å². The standard InChI is InChI=1S/C13H19NO2S/c1-16-13(15)9-11(12-7-4-8-17-12)14-10-5-2-3-6-10/h4,7-8,10-11,14H,2-3,5-6,9H2,1H3. The maximum absolute atomic E-state index is 11.4. The van der Waals surface area contributed by atoms with Crippen molar-refractivity contribution in [1.82, 2.24) is 5.32 Å². The van der Waals surface area contributed by atoms with Crippen molar-refractivity contribution in [3.05, 3.63) is 22.4 Å². The summed E-state index contributed by atoms with van der Waals surface area (Å²) in [4.78, 5) is 12.7. The molecule has 1 aromatic heterocycles. The van der Waals surface area contributed by atoms with Gasteiger partial charge in [-0.1, -0.05) is 18.9 Å². The minimum atomic E-state index is -0.145. The topological polar surface area (TPSA) is 38.3 Å². The van der Waals surface area contributed by atoms with E-state index in [2.05, 4.69) is 16.8 Å². The van der Waals surface area contributed by atoms with Crippen molar-refractivity contribution in [2.45, 2.75) is 44.2 Å². The van der Waals surface area contributed by atoms with Gasteiger partial charge in [0.2, 0.25) is 0 Å². The molecule has 1 aliphatic carbocycles. The van der Waals surface area contributed by atoms with Gasteiger partial charge in [0.25, 0.3) is 0 Å². The monoisotopic (exact) mass is 253 g/mol. The lowest BCUT2D eigenvalue weighted by Crippen LogP contribution is -2.31. The molecule has 1 aromatic rings. The first-order valence-electron chi connectivity index (χ1n) is 6.16. The Morgan fingerprint density at radius 1 is 1.59 bits per heavy atom. The molecule has 1 unspecified atom stereocenters. The highest BCUT2D eigenvalue weighted by Crippen LogP contribution is 2.26. The molecule has 1 aliphatic rings. The molecule has 1 N–H and O–H groups in total. The van der Waals surface area contributed by atoms with Crippen molar-refractivity contribution in [2.24, 2.45) is 0 Å². The van der Waals surface area contributed by atoms with E-state index in [-0.39, 0.29) is 12.0 Å². The van der Waals surface area contributed by atoms with Gasteiger partial charge < -0.3 is 10.1 Å². The fourth-order valence-corrected chi connectivity index (χ4v) is 3.15. The fraction of sp³-hybridized carbons (Fsp3) is 0.615. The zero-order chi connectivity index (χ0) is 12.1. The van der Waals surface area contributed by atoms with Gasteiger partial charge in [0.05, 0.1) is 19.6 Å². The van der Waals surface area contributed by atoms with Crippen molar-refractivity contribution in [2.75, 3.05) is 7.11 Å². The molecule has 1 saturated carbocycles. The number of rotatable bonds is 5. The first kappa shape index (κ1) is 12.6. The second kappa shape index (κ2) is 6.17. The van der Waals surface area contributed by atoms with Gasteiger partial charge in [-0.2, -0.15) is 0 Å². The number of hydrogen-bond donors (Lipinski definition) is 1. The van der Waals surface area contributed by atoms with E-state index >= 15 is 0 Å². The molecular formula is C13H19NO2S. The molecule has 0 spiro atoms. The van der Waals surface area contributed by atoms with Gasteiger partial charge in [-0.15, -0.1) is 11.3 Å². The minimum absolute atomic E-state index is 0.116. The van der Waals surface area contributed by atoms with Crippen LogP contribution in [0.25, 0.3) is 0 Å². The van der Waals surface area contributed by atoms with E-state index in [4.69, 9.17) is 4.74 Å². The molecule has 4 heteroatoms. The van der Waals surface area contributed by atoms with Gasteiger partial charge in [0.1, 0.15) is 0 Å². The van der Waals surface area contributed by atoms with Crippen LogP contribution in [0.3, 0.4) is 0 Å². The quantitative estimate of drug-likeness (QED) is 0.820. The second-order valence-corrected chi connectivity index (χ2v) is 5.48. The summed E-state index contributed by atoms with van der Waals surface area (Å²) < 4.78 is 4.77. The molecule has 1 atom stereocenters. The molecule has 2 rings (SSSR count). The fourth-order valence-electron chi connectivity index (χ4n) is 2.36. The van der Waals surface area contributed by atoms with Gasteiger partial charge in [-0.25, -0.2) is 0 Å². The van der Waals surface area contributed by atoms with Gasteiger partial charge >= 0.3 is 5.97 Å². The third-order valence-corrected chi connectivity index (χ3v) is 4.26. The summed E-state index contributed by atoms with van der Waals surface area (Å²) in [7, 11) is 1.45. The summed E-state index contributed by atoms with van der Waals surface area (Å²) in [5.41, 5.74) is 0. The highest BCUT2D eigenvalue weighted by molar-refractivity contribution is 7.10. The third-order valence-electron chi connectivity index (χ3n) is 3.28. The van der Waals surface area contributed by atoms with Crippen molar-refractivity contribution in [1.29, 1.82) is 0 Å². The van der Waals surface area contributed by atoms with E-state index in [1.807, 2.05) is 6.07 Å². The normalized spacial score (nSPS) is 18.2. The zero-order valence-electron chi connectivity index (χ0n) is 10.1. The highest BCUT2D eigenvalue weighted by Gasteiger charge is 2.23. The number of esters is 1. The van der Waals surface area contributed by atoms with Crippen LogP contribution >= 0.6 is 11.3 Å². The Bertz CT molecular complexity index is 344. The predicted octanol–water partition coefficient (Wildman–Crippen LogP) is 2.88. The van der Waals surface area contributed by atoms with E-state index in [1.165, 1.54) is 37.7 Å². The number of methoxy groups -OCH3 is 1. The highest BCUT2D eigenvalue weighted by atomic mass is 32.1. The summed E-state index contributed by atoms with van der Waals surface area (Å²) in [5.74, 6) is -0.145. The molecule has 1 heterocycles. The van der Waals surface area contributed by atoms with E-state index in [0.717, 1.165) is 0 Å². The molecular weight excluding hydrogens is 234 g/mol. The average Bonchev–Trinajstić information content (AvgIpc) is 3.00. The van der Waals surface area contributed by atoms with Crippen LogP contribution in [0.15, 0.2) is 17.5 Å². The molecule has 1 fully saturated rings. The third kappa shape index (κ3) is 3.54. The van der Waals surface area contributed by atoms with Crippen LogP contribution in [-0.4, -0.2) is 19.1 Å². The minimum Gasteiger partial charge on any atom is -0.469 e. The van der Waals surface area contributed by atoms with E-state index < -0.39 is 0 Å². The molecule has 0 aliphatic heterocycles. The number of thiophene rings is 1. The van der Waals surface area contributed by atoms with Gasteiger partial charge in [-0.3, -0.25) is 4.79 Å². The predicted molar refractivity (Wildman–Crippen MR) is 69.1 cm³/mol. The lowest BCUT2D eigenvalue weighted by atomic mass is 10.1. The van der Waals surface area contributed by atoms with Crippen molar-refractivity contribution < 1.29 is 9.53 Å². The van der Waals surface area contributed by atoms with E-state index in [0.29, 0.717) is 12.5 Å². The summed E-state index contributed by atoms with van der Waals surface area (Å²) in [6, 6.07) is 4.79.